The lowest BCUT2D eigenvalue weighted by molar-refractivity contribution is -0.101. The molecule has 3 heteroatoms. The van der Waals surface area contributed by atoms with Crippen LogP contribution in [0.4, 0.5) is 0 Å². The van der Waals surface area contributed by atoms with E-state index < -0.39 is 0 Å². The van der Waals surface area contributed by atoms with Crippen LogP contribution in [0.1, 0.15) is 27.7 Å². The summed E-state index contributed by atoms with van der Waals surface area (Å²) >= 11 is 0. The van der Waals surface area contributed by atoms with Gasteiger partial charge < -0.3 is 14.8 Å². The van der Waals surface area contributed by atoms with Gasteiger partial charge in [0.2, 0.25) is 0 Å². The second-order valence-electron chi connectivity index (χ2n) is 4.40. The summed E-state index contributed by atoms with van der Waals surface area (Å²) in [6.45, 7) is 9.52. The number of rotatable bonds is 5. The van der Waals surface area contributed by atoms with Crippen LogP contribution >= 0.6 is 0 Å². The first-order chi connectivity index (χ1) is 5.91. The van der Waals surface area contributed by atoms with Crippen molar-refractivity contribution in [3.63, 3.8) is 0 Å². The molecule has 0 radical (unpaired) electrons. The number of methoxy groups -OCH3 is 2. The van der Waals surface area contributed by atoms with Gasteiger partial charge in [-0.2, -0.15) is 0 Å². The molecule has 13 heavy (non-hydrogen) atoms. The lowest BCUT2D eigenvalue weighted by Gasteiger charge is -2.29. The highest BCUT2D eigenvalue weighted by atomic mass is 16.7. The highest BCUT2D eigenvalue weighted by Gasteiger charge is 2.20. The van der Waals surface area contributed by atoms with Crippen molar-refractivity contribution >= 4 is 0 Å². The average molecular weight is 189 g/mol. The van der Waals surface area contributed by atoms with Gasteiger partial charge in [0.15, 0.2) is 6.29 Å². The minimum absolute atomic E-state index is 0.148. The van der Waals surface area contributed by atoms with E-state index in [1.807, 2.05) is 0 Å². The van der Waals surface area contributed by atoms with Gasteiger partial charge >= 0.3 is 0 Å². The van der Waals surface area contributed by atoms with E-state index in [1.54, 1.807) is 14.2 Å². The molecule has 0 aromatic rings. The fraction of sp³-hybridized carbons (Fsp3) is 1.00. The SMILES string of the molecule is COC(CN[C@H](C)C(C)(C)C)OC. The van der Waals surface area contributed by atoms with Gasteiger partial charge in [0.25, 0.3) is 0 Å². The second-order valence-corrected chi connectivity index (χ2v) is 4.40. The zero-order valence-corrected chi connectivity index (χ0v) is 9.68. The number of ether oxygens (including phenoxy) is 2. The summed E-state index contributed by atoms with van der Waals surface area (Å²) in [6.07, 6.45) is -0.148. The smallest absolute Gasteiger partial charge is 0.169 e. The second kappa shape index (κ2) is 5.58. The predicted molar refractivity (Wildman–Crippen MR) is 54.7 cm³/mol. The minimum Gasteiger partial charge on any atom is -0.355 e. The van der Waals surface area contributed by atoms with Crippen molar-refractivity contribution in [1.82, 2.24) is 5.32 Å². The third-order valence-corrected chi connectivity index (χ3v) is 2.42. The Morgan fingerprint density at radius 1 is 1.15 bits per heavy atom. The fourth-order valence-corrected chi connectivity index (χ4v) is 0.842. The molecule has 80 valence electrons. The van der Waals surface area contributed by atoms with Crippen LogP contribution in [0.15, 0.2) is 0 Å². The molecule has 0 fully saturated rings. The molecule has 0 heterocycles. The first-order valence-electron chi connectivity index (χ1n) is 4.70. The van der Waals surface area contributed by atoms with Crippen molar-refractivity contribution in [2.45, 2.75) is 40.0 Å². The number of hydrogen-bond acceptors (Lipinski definition) is 3. The zero-order chi connectivity index (χ0) is 10.5. The largest absolute Gasteiger partial charge is 0.355 e. The number of nitrogens with one attached hydrogen (secondary N) is 1. The highest BCUT2D eigenvalue weighted by molar-refractivity contribution is 4.76. The van der Waals surface area contributed by atoms with Gasteiger partial charge in [-0.3, -0.25) is 0 Å². The van der Waals surface area contributed by atoms with E-state index in [0.717, 1.165) is 6.54 Å². The van der Waals surface area contributed by atoms with Crippen molar-refractivity contribution < 1.29 is 9.47 Å². The summed E-state index contributed by atoms with van der Waals surface area (Å²) in [5, 5.41) is 3.37. The molecule has 1 atom stereocenters. The van der Waals surface area contributed by atoms with Gasteiger partial charge in [-0.25, -0.2) is 0 Å². The molecule has 0 rings (SSSR count). The lowest BCUT2D eigenvalue weighted by Crippen LogP contribution is -2.42. The molecular formula is C10H23NO2. The van der Waals surface area contributed by atoms with Gasteiger partial charge in [-0.15, -0.1) is 0 Å². The average Bonchev–Trinajstić information content (AvgIpc) is 2.04. The molecular weight excluding hydrogens is 166 g/mol. The van der Waals surface area contributed by atoms with Crippen molar-refractivity contribution in [3.05, 3.63) is 0 Å². The molecule has 1 N–H and O–H groups in total. The Balaban J connectivity index is 3.75. The van der Waals surface area contributed by atoms with E-state index >= 15 is 0 Å². The van der Waals surface area contributed by atoms with Crippen LogP contribution in [0.5, 0.6) is 0 Å². The van der Waals surface area contributed by atoms with Crippen molar-refractivity contribution in [2.24, 2.45) is 5.41 Å². The van der Waals surface area contributed by atoms with Crippen LogP contribution in [0.2, 0.25) is 0 Å². The normalized spacial score (nSPS) is 15.0. The standard InChI is InChI=1S/C10H23NO2/c1-8(10(2,3)4)11-7-9(12-5)13-6/h8-9,11H,7H2,1-6H3/t8-/m1/s1. The molecule has 0 saturated heterocycles. The van der Waals surface area contributed by atoms with Gasteiger partial charge in [0.1, 0.15) is 0 Å². The summed E-state index contributed by atoms with van der Waals surface area (Å²) in [5.74, 6) is 0. The van der Waals surface area contributed by atoms with Crippen molar-refractivity contribution in [2.75, 3.05) is 20.8 Å². The Bertz CT molecular complexity index is 127. The Labute approximate surface area is 81.8 Å². The molecule has 0 saturated carbocycles. The van der Waals surface area contributed by atoms with Crippen LogP contribution in [0, 0.1) is 5.41 Å². The summed E-state index contributed by atoms with van der Waals surface area (Å²) in [4.78, 5) is 0. The Kier molecular flexibility index (Phi) is 5.53. The first-order valence-corrected chi connectivity index (χ1v) is 4.70. The van der Waals surface area contributed by atoms with Gasteiger partial charge in [-0.1, -0.05) is 20.8 Å². The Morgan fingerprint density at radius 2 is 1.62 bits per heavy atom. The maximum Gasteiger partial charge on any atom is 0.169 e. The molecule has 0 aromatic heterocycles. The molecule has 0 aliphatic carbocycles. The van der Waals surface area contributed by atoms with E-state index in [4.69, 9.17) is 9.47 Å². The Hall–Kier alpha value is -0.120. The third kappa shape index (κ3) is 5.24. The maximum absolute atomic E-state index is 5.08. The van der Waals surface area contributed by atoms with E-state index in [0.29, 0.717) is 6.04 Å². The molecule has 0 bridgehead atoms. The molecule has 0 spiro atoms. The molecule has 0 aliphatic heterocycles. The van der Waals surface area contributed by atoms with E-state index in [2.05, 4.69) is 33.0 Å². The predicted octanol–water partition coefficient (Wildman–Crippen LogP) is 1.63. The molecule has 0 unspecified atom stereocenters. The molecule has 3 nitrogen and oxygen atoms in total. The van der Waals surface area contributed by atoms with Crippen LogP contribution < -0.4 is 5.32 Å². The van der Waals surface area contributed by atoms with Crippen LogP contribution in [-0.4, -0.2) is 33.1 Å². The highest BCUT2D eigenvalue weighted by Crippen LogP contribution is 2.18. The summed E-state index contributed by atoms with van der Waals surface area (Å²) in [6, 6.07) is 0.445. The van der Waals surface area contributed by atoms with Crippen LogP contribution in [0.25, 0.3) is 0 Å². The first kappa shape index (κ1) is 12.9. The minimum atomic E-state index is -0.148. The van der Waals surface area contributed by atoms with Crippen LogP contribution in [-0.2, 0) is 9.47 Å². The Morgan fingerprint density at radius 3 is 1.92 bits per heavy atom. The monoisotopic (exact) mass is 189 g/mol. The molecule has 0 aliphatic rings. The van der Waals surface area contributed by atoms with Gasteiger partial charge in [0.05, 0.1) is 0 Å². The summed E-state index contributed by atoms with van der Waals surface area (Å²) in [5.41, 5.74) is 0.270. The molecule has 0 amide bonds. The van der Waals surface area contributed by atoms with E-state index in [1.165, 1.54) is 0 Å². The quantitative estimate of drug-likeness (QED) is 0.667. The fourth-order valence-electron chi connectivity index (χ4n) is 0.842. The van der Waals surface area contributed by atoms with Crippen LogP contribution in [0.3, 0.4) is 0 Å². The lowest BCUT2D eigenvalue weighted by atomic mass is 9.88. The van der Waals surface area contributed by atoms with Gasteiger partial charge in [-0.05, 0) is 12.3 Å². The van der Waals surface area contributed by atoms with Crippen molar-refractivity contribution in [3.8, 4) is 0 Å². The summed E-state index contributed by atoms with van der Waals surface area (Å²) in [7, 11) is 3.30. The van der Waals surface area contributed by atoms with Crippen molar-refractivity contribution in [1.29, 1.82) is 0 Å². The summed E-state index contributed by atoms with van der Waals surface area (Å²) < 4.78 is 10.2. The van der Waals surface area contributed by atoms with E-state index in [-0.39, 0.29) is 11.7 Å². The number of hydrogen-bond donors (Lipinski definition) is 1. The van der Waals surface area contributed by atoms with Gasteiger partial charge in [0, 0.05) is 26.8 Å². The third-order valence-electron chi connectivity index (χ3n) is 2.42. The van der Waals surface area contributed by atoms with E-state index in [9.17, 15) is 0 Å². The zero-order valence-electron chi connectivity index (χ0n) is 9.68. The maximum atomic E-state index is 5.08. The topological polar surface area (TPSA) is 30.5 Å². The molecule has 0 aromatic carbocycles.